The molecule has 0 aromatic heterocycles. The second kappa shape index (κ2) is 8.24. The molecule has 2 rings (SSSR count). The molecule has 23 heavy (non-hydrogen) atoms. The van der Waals surface area contributed by atoms with E-state index >= 15 is 0 Å². The number of benzene rings is 1. The van der Waals surface area contributed by atoms with E-state index in [9.17, 15) is 9.59 Å². The number of carbonyl (C=O) groups is 2. The van der Waals surface area contributed by atoms with Gasteiger partial charge in [0.2, 0.25) is 0 Å². The third-order valence-corrected chi connectivity index (χ3v) is 4.44. The second-order valence-electron chi connectivity index (χ2n) is 5.20. The lowest BCUT2D eigenvalue weighted by molar-refractivity contribution is -0.146. The van der Waals surface area contributed by atoms with Crippen LogP contribution in [0.1, 0.15) is 5.56 Å². The summed E-state index contributed by atoms with van der Waals surface area (Å²) >= 11 is 6.39. The summed E-state index contributed by atoms with van der Waals surface area (Å²) in [4.78, 5) is 27.9. The predicted octanol–water partition coefficient (Wildman–Crippen LogP) is 1.99. The Morgan fingerprint density at radius 2 is 2.04 bits per heavy atom. The molecule has 1 heterocycles. The van der Waals surface area contributed by atoms with Crippen LogP contribution in [0.4, 0.5) is 0 Å². The van der Waals surface area contributed by atoms with E-state index in [0.29, 0.717) is 22.4 Å². The summed E-state index contributed by atoms with van der Waals surface area (Å²) in [5.74, 6) is -0.711. The second-order valence-corrected chi connectivity index (χ2v) is 6.88. The van der Waals surface area contributed by atoms with Crippen LogP contribution in [0.5, 0.6) is 0 Å². The lowest BCUT2D eigenvalue weighted by atomic mass is 10.2. The normalized spacial score (nSPS) is 16.5. The number of rotatable bonds is 6. The molecule has 0 unspecified atom stereocenters. The van der Waals surface area contributed by atoms with Gasteiger partial charge in [-0.2, -0.15) is 0 Å². The van der Waals surface area contributed by atoms with Gasteiger partial charge in [-0.15, -0.1) is 0 Å². The Labute approximate surface area is 145 Å². The number of thioether (sulfide) groups is 1. The van der Waals surface area contributed by atoms with Crippen molar-refractivity contribution in [2.75, 3.05) is 33.8 Å². The van der Waals surface area contributed by atoms with Gasteiger partial charge in [0.25, 0.3) is 5.91 Å². The minimum absolute atomic E-state index is 0.149. The summed E-state index contributed by atoms with van der Waals surface area (Å²) in [6, 6.07) is 9.51. The molecule has 5 nitrogen and oxygen atoms in total. The van der Waals surface area contributed by atoms with Gasteiger partial charge >= 0.3 is 5.97 Å². The van der Waals surface area contributed by atoms with Crippen molar-refractivity contribution in [3.05, 3.63) is 40.8 Å². The first kappa shape index (κ1) is 17.7. The van der Waals surface area contributed by atoms with Crippen molar-refractivity contribution in [2.24, 2.45) is 0 Å². The van der Waals surface area contributed by atoms with Gasteiger partial charge in [-0.1, -0.05) is 54.3 Å². The minimum Gasteiger partial charge on any atom is -0.463 e. The van der Waals surface area contributed by atoms with Crippen LogP contribution < -0.4 is 0 Å². The molecular formula is C16H18N2O3S2. The molecule has 0 radical (unpaired) electrons. The topological polar surface area (TPSA) is 49.9 Å². The van der Waals surface area contributed by atoms with Gasteiger partial charge < -0.3 is 9.64 Å². The Hall–Kier alpha value is -1.70. The van der Waals surface area contributed by atoms with Crippen LogP contribution in [0.3, 0.4) is 0 Å². The lowest BCUT2D eigenvalue weighted by Crippen LogP contribution is -2.35. The number of hydrogen-bond acceptors (Lipinski definition) is 6. The molecular weight excluding hydrogens is 332 g/mol. The van der Waals surface area contributed by atoms with Crippen LogP contribution in [0.15, 0.2) is 35.2 Å². The number of thiocarbonyl (C=S) groups is 1. The molecule has 1 saturated heterocycles. The first-order valence-electron chi connectivity index (χ1n) is 7.08. The summed E-state index contributed by atoms with van der Waals surface area (Å²) in [5, 5.41) is 0. The maximum Gasteiger partial charge on any atom is 0.326 e. The smallest absolute Gasteiger partial charge is 0.326 e. The zero-order valence-corrected chi connectivity index (χ0v) is 14.7. The average Bonchev–Trinajstić information content (AvgIpc) is 2.75. The Bertz CT molecular complexity index is 629. The zero-order valence-electron chi connectivity index (χ0n) is 13.0. The fourth-order valence-corrected chi connectivity index (χ4v) is 3.11. The highest BCUT2D eigenvalue weighted by Gasteiger charge is 2.33. The zero-order chi connectivity index (χ0) is 16.8. The standard InChI is InChI=1S/C16H18N2O3S2/c1-17(2)8-9-21-14(19)11-18-15(20)13(23-16(18)22)10-12-6-4-3-5-7-12/h3-7,10H,8-9,11H2,1-2H3. The van der Waals surface area contributed by atoms with E-state index < -0.39 is 5.97 Å². The third-order valence-electron chi connectivity index (χ3n) is 3.06. The largest absolute Gasteiger partial charge is 0.463 e. The molecule has 1 aromatic rings. The van der Waals surface area contributed by atoms with E-state index in [2.05, 4.69) is 0 Å². The van der Waals surface area contributed by atoms with Gasteiger partial charge in [-0.05, 0) is 25.7 Å². The van der Waals surface area contributed by atoms with Crippen LogP contribution in [0.2, 0.25) is 0 Å². The number of carbonyl (C=O) groups excluding carboxylic acids is 2. The molecule has 0 atom stereocenters. The molecule has 0 bridgehead atoms. The number of esters is 1. The molecule has 1 aliphatic heterocycles. The van der Waals surface area contributed by atoms with E-state index in [1.807, 2.05) is 49.3 Å². The van der Waals surface area contributed by atoms with Gasteiger partial charge in [0.15, 0.2) is 0 Å². The van der Waals surface area contributed by atoms with Gasteiger partial charge in [-0.3, -0.25) is 14.5 Å². The van der Waals surface area contributed by atoms with Crippen LogP contribution in [-0.4, -0.2) is 59.8 Å². The van der Waals surface area contributed by atoms with Gasteiger partial charge in [0.05, 0.1) is 4.91 Å². The molecule has 1 amide bonds. The maximum absolute atomic E-state index is 12.4. The summed E-state index contributed by atoms with van der Waals surface area (Å²) in [7, 11) is 3.79. The molecule has 7 heteroatoms. The van der Waals surface area contributed by atoms with E-state index in [4.69, 9.17) is 17.0 Å². The maximum atomic E-state index is 12.4. The summed E-state index contributed by atoms with van der Waals surface area (Å²) in [6.45, 7) is 0.781. The average molecular weight is 350 g/mol. The van der Waals surface area contributed by atoms with E-state index in [1.165, 1.54) is 16.7 Å². The number of likely N-dealkylation sites (N-methyl/N-ethyl adjacent to an activating group) is 1. The van der Waals surface area contributed by atoms with Crippen LogP contribution >= 0.6 is 24.0 Å². The summed E-state index contributed by atoms with van der Waals surface area (Å²) < 4.78 is 5.48. The van der Waals surface area contributed by atoms with Crippen molar-refractivity contribution < 1.29 is 14.3 Å². The number of hydrogen-bond donors (Lipinski definition) is 0. The monoisotopic (exact) mass is 350 g/mol. The SMILES string of the molecule is CN(C)CCOC(=O)CN1C(=O)C(=Cc2ccccc2)SC1=S. The Kier molecular flexibility index (Phi) is 6.32. The molecule has 1 aromatic carbocycles. The van der Waals surface area contributed by atoms with E-state index in [-0.39, 0.29) is 12.5 Å². The van der Waals surface area contributed by atoms with Crippen molar-refractivity contribution in [3.63, 3.8) is 0 Å². The number of amides is 1. The Morgan fingerprint density at radius 1 is 1.35 bits per heavy atom. The highest BCUT2D eigenvalue weighted by atomic mass is 32.2. The van der Waals surface area contributed by atoms with Crippen molar-refractivity contribution in [1.82, 2.24) is 9.80 Å². The molecule has 0 spiro atoms. The third kappa shape index (κ3) is 5.16. The Balaban J connectivity index is 1.96. The summed E-state index contributed by atoms with van der Waals surface area (Å²) in [5.41, 5.74) is 0.918. The van der Waals surface area contributed by atoms with Gasteiger partial charge in [0.1, 0.15) is 17.5 Å². The van der Waals surface area contributed by atoms with Crippen LogP contribution in [0, 0.1) is 0 Å². The number of nitrogens with zero attached hydrogens (tertiary/aromatic N) is 2. The van der Waals surface area contributed by atoms with Crippen molar-refractivity contribution >= 4 is 46.3 Å². The van der Waals surface area contributed by atoms with Crippen LogP contribution in [0.25, 0.3) is 6.08 Å². The van der Waals surface area contributed by atoms with Gasteiger partial charge in [-0.25, -0.2) is 0 Å². The summed E-state index contributed by atoms with van der Waals surface area (Å²) in [6.07, 6.45) is 1.77. The minimum atomic E-state index is -0.455. The quantitative estimate of drug-likeness (QED) is 0.444. The van der Waals surface area contributed by atoms with E-state index in [1.54, 1.807) is 6.08 Å². The first-order valence-corrected chi connectivity index (χ1v) is 8.30. The first-order chi connectivity index (χ1) is 11.0. The fourth-order valence-electron chi connectivity index (χ4n) is 1.85. The van der Waals surface area contributed by atoms with Crippen molar-refractivity contribution in [1.29, 1.82) is 0 Å². The molecule has 1 aliphatic rings. The van der Waals surface area contributed by atoms with Crippen molar-refractivity contribution in [3.8, 4) is 0 Å². The lowest BCUT2D eigenvalue weighted by Gasteiger charge is -2.14. The molecule has 0 N–H and O–H groups in total. The predicted molar refractivity (Wildman–Crippen MR) is 95.8 cm³/mol. The van der Waals surface area contributed by atoms with Gasteiger partial charge in [0, 0.05) is 6.54 Å². The molecule has 0 saturated carbocycles. The Morgan fingerprint density at radius 3 is 2.70 bits per heavy atom. The number of ether oxygens (including phenoxy) is 1. The van der Waals surface area contributed by atoms with Crippen LogP contribution in [-0.2, 0) is 14.3 Å². The molecule has 0 aliphatic carbocycles. The highest BCUT2D eigenvalue weighted by molar-refractivity contribution is 8.26. The molecule has 122 valence electrons. The van der Waals surface area contributed by atoms with Crippen molar-refractivity contribution in [2.45, 2.75) is 0 Å². The fraction of sp³-hybridized carbons (Fsp3) is 0.312. The molecule has 1 fully saturated rings. The highest BCUT2D eigenvalue weighted by Crippen LogP contribution is 2.32. The van der Waals surface area contributed by atoms with E-state index in [0.717, 1.165) is 5.56 Å².